The molecule has 0 spiro atoms. The van der Waals surface area contributed by atoms with Gasteiger partial charge in [-0.05, 0) is 25.0 Å². The van der Waals surface area contributed by atoms with Crippen LogP contribution in [0.4, 0.5) is 5.82 Å². The summed E-state index contributed by atoms with van der Waals surface area (Å²) in [6.45, 7) is 3.19. The summed E-state index contributed by atoms with van der Waals surface area (Å²) in [7, 11) is 0. The first-order chi connectivity index (χ1) is 13.5. The lowest BCUT2D eigenvalue weighted by Crippen LogP contribution is -2.23. The van der Waals surface area contributed by atoms with Crippen molar-refractivity contribution in [1.29, 1.82) is 0 Å². The summed E-state index contributed by atoms with van der Waals surface area (Å²) in [6.07, 6.45) is 4.47. The van der Waals surface area contributed by atoms with Crippen molar-refractivity contribution < 1.29 is 9.53 Å². The standard InChI is InChI=1S/C19H22N6O3/c1-2-28-18(26)4-3-10-25-13-16(22-23-25)15-7-5-14(6-8-15)12-24-11-9-17(20)21-19(24)27/h5-9,11,13H,2-4,10,12H2,1H3,(H2,20,21,27). The molecule has 0 bridgehead atoms. The van der Waals surface area contributed by atoms with Crippen molar-refractivity contribution in [2.45, 2.75) is 32.9 Å². The lowest BCUT2D eigenvalue weighted by atomic mass is 10.1. The van der Waals surface area contributed by atoms with E-state index < -0.39 is 0 Å². The third-order valence-electron chi connectivity index (χ3n) is 4.11. The van der Waals surface area contributed by atoms with Gasteiger partial charge in [0.05, 0.1) is 19.3 Å². The zero-order valence-corrected chi connectivity index (χ0v) is 15.6. The molecule has 146 valence electrons. The summed E-state index contributed by atoms with van der Waals surface area (Å²) in [4.78, 5) is 26.9. The number of carbonyl (C=O) groups is 1. The zero-order chi connectivity index (χ0) is 19.9. The van der Waals surface area contributed by atoms with Gasteiger partial charge in [0, 0.05) is 24.7 Å². The van der Waals surface area contributed by atoms with E-state index >= 15 is 0 Å². The number of nitrogens with two attached hydrogens (primary N) is 1. The number of hydrogen-bond acceptors (Lipinski definition) is 7. The second-order valence-electron chi connectivity index (χ2n) is 6.24. The van der Waals surface area contributed by atoms with Crippen LogP contribution < -0.4 is 11.4 Å². The molecule has 0 fully saturated rings. The molecule has 0 atom stereocenters. The van der Waals surface area contributed by atoms with Crippen LogP contribution in [0, 0.1) is 0 Å². The van der Waals surface area contributed by atoms with Crippen molar-refractivity contribution in [3.8, 4) is 11.3 Å². The number of esters is 1. The van der Waals surface area contributed by atoms with Gasteiger partial charge in [-0.1, -0.05) is 29.5 Å². The maximum atomic E-state index is 11.8. The van der Waals surface area contributed by atoms with Crippen LogP contribution in [-0.4, -0.2) is 37.1 Å². The van der Waals surface area contributed by atoms with Gasteiger partial charge in [0.15, 0.2) is 0 Å². The second kappa shape index (κ2) is 8.94. The molecule has 3 rings (SSSR count). The summed E-state index contributed by atoms with van der Waals surface area (Å²) < 4.78 is 8.11. The van der Waals surface area contributed by atoms with E-state index in [9.17, 15) is 9.59 Å². The quantitative estimate of drug-likeness (QED) is 0.586. The molecule has 0 saturated carbocycles. The van der Waals surface area contributed by atoms with Crippen LogP contribution in [0.2, 0.25) is 0 Å². The van der Waals surface area contributed by atoms with Gasteiger partial charge in [-0.15, -0.1) is 5.10 Å². The SMILES string of the molecule is CCOC(=O)CCCn1cc(-c2ccc(Cn3ccc(N)nc3=O)cc2)nn1. The molecule has 0 aliphatic heterocycles. The molecule has 1 aromatic carbocycles. The fourth-order valence-electron chi connectivity index (χ4n) is 2.70. The number of rotatable bonds is 8. The van der Waals surface area contributed by atoms with Crippen molar-refractivity contribution in [2.75, 3.05) is 12.3 Å². The third kappa shape index (κ3) is 5.03. The highest BCUT2D eigenvalue weighted by molar-refractivity contribution is 5.69. The van der Waals surface area contributed by atoms with E-state index in [0.717, 1.165) is 16.8 Å². The van der Waals surface area contributed by atoms with Crippen LogP contribution in [0.1, 0.15) is 25.3 Å². The number of aryl methyl sites for hydroxylation is 1. The molecule has 0 radical (unpaired) electrons. The topological polar surface area (TPSA) is 118 Å². The smallest absolute Gasteiger partial charge is 0.349 e. The van der Waals surface area contributed by atoms with Crippen LogP contribution in [0.15, 0.2) is 47.5 Å². The molecule has 0 amide bonds. The number of ether oxygens (including phenoxy) is 1. The Hall–Kier alpha value is -3.49. The molecule has 0 unspecified atom stereocenters. The summed E-state index contributed by atoms with van der Waals surface area (Å²) in [5.41, 5.74) is 7.75. The molecular formula is C19H22N6O3. The summed E-state index contributed by atoms with van der Waals surface area (Å²) in [6, 6.07) is 9.31. The molecule has 2 aromatic heterocycles. The normalized spacial score (nSPS) is 10.8. The Labute approximate surface area is 161 Å². The second-order valence-corrected chi connectivity index (χ2v) is 6.24. The minimum absolute atomic E-state index is 0.200. The Morgan fingerprint density at radius 3 is 2.71 bits per heavy atom. The molecule has 0 aliphatic rings. The van der Waals surface area contributed by atoms with Crippen LogP contribution in [0.5, 0.6) is 0 Å². The lowest BCUT2D eigenvalue weighted by molar-refractivity contribution is -0.143. The maximum Gasteiger partial charge on any atom is 0.349 e. The predicted molar refractivity (Wildman–Crippen MR) is 103 cm³/mol. The minimum atomic E-state index is -0.380. The lowest BCUT2D eigenvalue weighted by Gasteiger charge is -2.06. The summed E-state index contributed by atoms with van der Waals surface area (Å²) in [5.74, 6) is 0.00998. The average molecular weight is 382 g/mol. The molecular weight excluding hydrogens is 360 g/mol. The van der Waals surface area contributed by atoms with Gasteiger partial charge in [-0.3, -0.25) is 14.0 Å². The van der Waals surface area contributed by atoms with E-state index in [1.807, 2.05) is 30.5 Å². The zero-order valence-electron chi connectivity index (χ0n) is 15.6. The van der Waals surface area contributed by atoms with Crippen molar-refractivity contribution in [2.24, 2.45) is 0 Å². The van der Waals surface area contributed by atoms with Crippen LogP contribution in [-0.2, 0) is 22.6 Å². The van der Waals surface area contributed by atoms with Gasteiger partial charge in [0.2, 0.25) is 0 Å². The molecule has 0 aliphatic carbocycles. The highest BCUT2D eigenvalue weighted by Crippen LogP contribution is 2.17. The van der Waals surface area contributed by atoms with E-state index in [1.165, 1.54) is 4.57 Å². The Balaban J connectivity index is 1.60. The fraction of sp³-hybridized carbons (Fsp3) is 0.316. The van der Waals surface area contributed by atoms with Crippen molar-refractivity contribution in [3.63, 3.8) is 0 Å². The van der Waals surface area contributed by atoms with E-state index in [4.69, 9.17) is 10.5 Å². The first-order valence-corrected chi connectivity index (χ1v) is 9.03. The van der Waals surface area contributed by atoms with E-state index in [2.05, 4.69) is 15.3 Å². The Kier molecular flexibility index (Phi) is 6.15. The molecule has 9 nitrogen and oxygen atoms in total. The number of carbonyl (C=O) groups excluding carboxylic acids is 1. The molecule has 2 heterocycles. The molecule has 0 saturated heterocycles. The number of anilines is 1. The van der Waals surface area contributed by atoms with Crippen molar-refractivity contribution >= 4 is 11.8 Å². The van der Waals surface area contributed by atoms with Gasteiger partial charge in [-0.2, -0.15) is 4.98 Å². The van der Waals surface area contributed by atoms with E-state index in [1.54, 1.807) is 23.9 Å². The van der Waals surface area contributed by atoms with Crippen molar-refractivity contribution in [3.05, 3.63) is 58.8 Å². The average Bonchev–Trinajstić information content (AvgIpc) is 3.14. The third-order valence-corrected chi connectivity index (χ3v) is 4.11. The predicted octanol–water partition coefficient (Wildman–Crippen LogP) is 1.48. The highest BCUT2D eigenvalue weighted by Gasteiger charge is 2.07. The Bertz CT molecular complexity index is 993. The molecule has 3 aromatic rings. The largest absolute Gasteiger partial charge is 0.466 e. The molecule has 9 heteroatoms. The number of nitrogen functional groups attached to an aromatic ring is 1. The van der Waals surface area contributed by atoms with Gasteiger partial charge in [0.1, 0.15) is 11.5 Å². The van der Waals surface area contributed by atoms with Crippen LogP contribution in [0.25, 0.3) is 11.3 Å². The van der Waals surface area contributed by atoms with Gasteiger partial charge >= 0.3 is 11.7 Å². The van der Waals surface area contributed by atoms with Crippen molar-refractivity contribution in [1.82, 2.24) is 24.5 Å². The van der Waals surface area contributed by atoms with E-state index in [0.29, 0.717) is 32.5 Å². The minimum Gasteiger partial charge on any atom is -0.466 e. The maximum absolute atomic E-state index is 11.8. The number of aromatic nitrogens is 5. The molecule has 28 heavy (non-hydrogen) atoms. The Morgan fingerprint density at radius 1 is 1.21 bits per heavy atom. The highest BCUT2D eigenvalue weighted by atomic mass is 16.5. The van der Waals surface area contributed by atoms with Crippen LogP contribution in [0.3, 0.4) is 0 Å². The monoisotopic (exact) mass is 382 g/mol. The summed E-state index contributed by atoms with van der Waals surface area (Å²) in [5, 5.41) is 8.27. The van der Waals surface area contributed by atoms with Gasteiger partial charge in [-0.25, -0.2) is 4.79 Å². The number of hydrogen-bond donors (Lipinski definition) is 1. The number of benzene rings is 1. The Morgan fingerprint density at radius 2 is 2.00 bits per heavy atom. The van der Waals surface area contributed by atoms with Gasteiger partial charge < -0.3 is 10.5 Å². The van der Waals surface area contributed by atoms with Crippen LogP contribution >= 0.6 is 0 Å². The molecule has 2 N–H and O–H groups in total. The fourth-order valence-corrected chi connectivity index (χ4v) is 2.70. The first kappa shape index (κ1) is 19.3. The van der Waals surface area contributed by atoms with E-state index in [-0.39, 0.29) is 17.5 Å². The summed E-state index contributed by atoms with van der Waals surface area (Å²) >= 11 is 0. The van der Waals surface area contributed by atoms with Gasteiger partial charge in [0.25, 0.3) is 0 Å². The number of nitrogens with zero attached hydrogens (tertiary/aromatic N) is 5. The first-order valence-electron chi connectivity index (χ1n) is 9.03.